The van der Waals surface area contributed by atoms with Gasteiger partial charge in [-0.2, -0.15) is 11.8 Å². The van der Waals surface area contributed by atoms with Gasteiger partial charge in [-0.1, -0.05) is 48.5 Å². The Kier molecular flexibility index (Phi) is 5.60. The number of carboxylic acid groups (broad SMARTS) is 2. The van der Waals surface area contributed by atoms with Crippen LogP contribution >= 0.6 is 11.8 Å². The summed E-state index contributed by atoms with van der Waals surface area (Å²) in [5.41, 5.74) is 2.13. The number of rotatable bonds is 6. The Balaban J connectivity index is 1.94. The van der Waals surface area contributed by atoms with Crippen molar-refractivity contribution in [3.05, 3.63) is 71.4 Å². The van der Waals surface area contributed by atoms with E-state index in [9.17, 15) is 19.8 Å². The van der Waals surface area contributed by atoms with Crippen molar-refractivity contribution in [2.75, 3.05) is 24.6 Å². The third-order valence-electron chi connectivity index (χ3n) is 5.31. The Labute approximate surface area is 172 Å². The van der Waals surface area contributed by atoms with Crippen LogP contribution in [0.25, 0.3) is 10.9 Å². The summed E-state index contributed by atoms with van der Waals surface area (Å²) in [6.07, 6.45) is 0. The van der Waals surface area contributed by atoms with E-state index in [0.29, 0.717) is 30.6 Å². The first-order valence-corrected chi connectivity index (χ1v) is 10.7. The quantitative estimate of drug-likeness (QED) is 0.647. The highest BCUT2D eigenvalue weighted by atomic mass is 32.2. The minimum Gasteiger partial charge on any atom is -0.480 e. The maximum Gasteiger partial charge on any atom is 0.352 e. The van der Waals surface area contributed by atoms with E-state index in [4.69, 9.17) is 0 Å². The van der Waals surface area contributed by atoms with Crippen molar-refractivity contribution in [2.24, 2.45) is 0 Å². The summed E-state index contributed by atoms with van der Waals surface area (Å²) in [4.78, 5) is 26.6. The number of carbonyl (C=O) groups is 2. The number of carboxylic acids is 2. The topological polar surface area (TPSA) is 82.8 Å². The molecule has 7 heteroatoms. The van der Waals surface area contributed by atoms with Crippen molar-refractivity contribution in [2.45, 2.75) is 12.6 Å². The Bertz CT molecular complexity index is 1040. The van der Waals surface area contributed by atoms with Crippen LogP contribution < -0.4 is 0 Å². The third-order valence-corrected chi connectivity index (χ3v) is 6.26. The summed E-state index contributed by atoms with van der Waals surface area (Å²) in [7, 11) is 0. The lowest BCUT2D eigenvalue weighted by molar-refractivity contribution is -0.143. The van der Waals surface area contributed by atoms with E-state index in [0.717, 1.165) is 22.6 Å². The van der Waals surface area contributed by atoms with Crippen LogP contribution in [0.5, 0.6) is 0 Å². The zero-order valence-electron chi connectivity index (χ0n) is 15.8. The minimum absolute atomic E-state index is 0.0562. The highest BCUT2D eigenvalue weighted by molar-refractivity contribution is 7.99. The smallest absolute Gasteiger partial charge is 0.352 e. The maximum atomic E-state index is 12.4. The Morgan fingerprint density at radius 3 is 2.28 bits per heavy atom. The van der Waals surface area contributed by atoms with Gasteiger partial charge in [-0.25, -0.2) is 4.79 Å². The highest BCUT2D eigenvalue weighted by Gasteiger charge is 2.36. The van der Waals surface area contributed by atoms with Gasteiger partial charge in [0.15, 0.2) is 0 Å². The van der Waals surface area contributed by atoms with Crippen molar-refractivity contribution in [3.8, 4) is 0 Å². The van der Waals surface area contributed by atoms with Crippen molar-refractivity contribution >= 4 is 34.6 Å². The molecule has 1 aliphatic heterocycles. The van der Waals surface area contributed by atoms with Crippen LogP contribution in [-0.4, -0.2) is 56.2 Å². The first-order chi connectivity index (χ1) is 14.1. The van der Waals surface area contributed by atoms with Crippen LogP contribution in [0, 0.1) is 0 Å². The van der Waals surface area contributed by atoms with Crippen molar-refractivity contribution in [3.63, 3.8) is 0 Å². The second-order valence-corrected chi connectivity index (χ2v) is 8.27. The molecule has 0 unspecified atom stereocenters. The lowest BCUT2D eigenvalue weighted by Crippen LogP contribution is -2.40. The number of thioether (sulfide) groups is 1. The molecule has 0 radical (unpaired) electrons. The van der Waals surface area contributed by atoms with Crippen LogP contribution in [0.1, 0.15) is 27.7 Å². The molecular formula is C22H22N2O4S. The molecule has 150 valence electrons. The molecule has 1 aromatic heterocycles. The second kappa shape index (κ2) is 8.31. The summed E-state index contributed by atoms with van der Waals surface area (Å²) < 4.78 is 1.73. The van der Waals surface area contributed by atoms with Gasteiger partial charge in [0.05, 0.1) is 0 Å². The van der Waals surface area contributed by atoms with Gasteiger partial charge in [-0.3, -0.25) is 9.69 Å². The molecule has 1 saturated heterocycles. The number of aromatic nitrogens is 1. The molecule has 0 bridgehead atoms. The predicted molar refractivity (Wildman–Crippen MR) is 114 cm³/mol. The first kappa shape index (κ1) is 19.5. The Morgan fingerprint density at radius 2 is 1.62 bits per heavy atom. The van der Waals surface area contributed by atoms with E-state index in [-0.39, 0.29) is 5.69 Å². The molecule has 0 spiro atoms. The molecular weight excluding hydrogens is 388 g/mol. The number of aliphatic carboxylic acids is 1. The SMILES string of the molecule is O=C(O)c1c([C@@H](C(=O)O)N2CCSCC2)c2ccccc2n1Cc1ccccc1. The number of nitrogens with zero attached hydrogens (tertiary/aromatic N) is 2. The molecule has 6 nitrogen and oxygen atoms in total. The van der Waals surface area contributed by atoms with E-state index in [1.807, 2.05) is 59.5 Å². The molecule has 0 aliphatic carbocycles. The van der Waals surface area contributed by atoms with Gasteiger partial charge < -0.3 is 14.8 Å². The van der Waals surface area contributed by atoms with Crippen LogP contribution in [-0.2, 0) is 11.3 Å². The Hall–Kier alpha value is -2.77. The van der Waals surface area contributed by atoms with Crippen LogP contribution in [0.3, 0.4) is 0 Å². The van der Waals surface area contributed by atoms with Crippen LogP contribution in [0.15, 0.2) is 54.6 Å². The third kappa shape index (κ3) is 3.75. The van der Waals surface area contributed by atoms with Crippen molar-refractivity contribution in [1.29, 1.82) is 0 Å². The fourth-order valence-corrected chi connectivity index (χ4v) is 5.00. The van der Waals surface area contributed by atoms with E-state index < -0.39 is 18.0 Å². The minimum atomic E-state index is -1.11. The van der Waals surface area contributed by atoms with Crippen LogP contribution in [0.2, 0.25) is 0 Å². The van der Waals surface area contributed by atoms with Gasteiger partial charge in [0.2, 0.25) is 0 Å². The van der Waals surface area contributed by atoms with E-state index in [2.05, 4.69) is 0 Å². The molecule has 2 heterocycles. The number of fused-ring (bicyclic) bond motifs is 1. The van der Waals surface area contributed by atoms with Gasteiger partial charge in [0.1, 0.15) is 11.7 Å². The molecule has 2 N–H and O–H groups in total. The lowest BCUT2D eigenvalue weighted by atomic mass is 10.0. The summed E-state index contributed by atoms with van der Waals surface area (Å²) in [5.74, 6) is -0.435. The number of aromatic carboxylic acids is 1. The molecule has 1 fully saturated rings. The fourth-order valence-electron chi connectivity index (χ4n) is 4.07. The normalized spacial score (nSPS) is 16.0. The summed E-state index contributed by atoms with van der Waals surface area (Å²) in [6.45, 7) is 1.61. The number of hydrogen-bond acceptors (Lipinski definition) is 4. The molecule has 1 atom stereocenters. The molecule has 1 aliphatic rings. The molecule has 0 saturated carbocycles. The van der Waals surface area contributed by atoms with Crippen molar-refractivity contribution < 1.29 is 19.8 Å². The monoisotopic (exact) mass is 410 g/mol. The number of benzene rings is 2. The van der Waals surface area contributed by atoms with E-state index >= 15 is 0 Å². The average Bonchev–Trinajstić information content (AvgIpc) is 3.04. The molecule has 0 amide bonds. The first-order valence-electron chi connectivity index (χ1n) is 9.51. The largest absolute Gasteiger partial charge is 0.480 e. The van der Waals surface area contributed by atoms with E-state index in [1.54, 1.807) is 16.3 Å². The van der Waals surface area contributed by atoms with Gasteiger partial charge in [0, 0.05) is 47.6 Å². The molecule has 29 heavy (non-hydrogen) atoms. The van der Waals surface area contributed by atoms with E-state index in [1.165, 1.54) is 0 Å². The Morgan fingerprint density at radius 1 is 0.966 bits per heavy atom. The molecule has 4 rings (SSSR count). The van der Waals surface area contributed by atoms with Crippen LogP contribution in [0.4, 0.5) is 0 Å². The average molecular weight is 410 g/mol. The predicted octanol–water partition coefficient (Wildman–Crippen LogP) is 3.56. The number of para-hydroxylation sites is 1. The van der Waals surface area contributed by atoms with Gasteiger partial charge in [0.25, 0.3) is 0 Å². The maximum absolute atomic E-state index is 12.4. The lowest BCUT2D eigenvalue weighted by Gasteiger charge is -2.32. The summed E-state index contributed by atoms with van der Waals surface area (Å²) in [5, 5.41) is 20.9. The standard InChI is InChI=1S/C22H22N2O4S/c25-21(26)19(23-10-12-29-13-11-23)18-16-8-4-5-9-17(16)24(20(18)22(27)28)14-15-6-2-1-3-7-15/h1-9,19H,10-14H2,(H,25,26)(H,27,28)/t19-/m0/s1. The van der Waals surface area contributed by atoms with Gasteiger partial charge in [-0.15, -0.1) is 0 Å². The summed E-state index contributed by atoms with van der Waals surface area (Å²) in [6, 6.07) is 16.0. The van der Waals surface area contributed by atoms with Gasteiger partial charge >= 0.3 is 11.9 Å². The number of hydrogen-bond donors (Lipinski definition) is 2. The second-order valence-electron chi connectivity index (χ2n) is 7.05. The van der Waals surface area contributed by atoms with Gasteiger partial charge in [-0.05, 0) is 11.6 Å². The van der Waals surface area contributed by atoms with Crippen molar-refractivity contribution in [1.82, 2.24) is 9.47 Å². The summed E-state index contributed by atoms with van der Waals surface area (Å²) >= 11 is 1.79. The molecule has 3 aromatic rings. The fraction of sp³-hybridized carbons (Fsp3) is 0.273. The molecule has 2 aromatic carbocycles. The zero-order chi connectivity index (χ0) is 20.4. The highest BCUT2D eigenvalue weighted by Crippen LogP contribution is 2.36. The zero-order valence-corrected chi connectivity index (χ0v) is 16.6.